The second kappa shape index (κ2) is 4.72. The summed E-state index contributed by atoms with van der Waals surface area (Å²) >= 11 is 10.6. The summed E-state index contributed by atoms with van der Waals surface area (Å²) in [5, 5.41) is -1.17. The number of halogens is 4. The normalized spacial score (nSPS) is 10.5. The number of aromatic nitrogens is 1. The minimum Gasteiger partial charge on any atom is -0.481 e. The molecule has 0 saturated carbocycles. The van der Waals surface area contributed by atoms with Crippen molar-refractivity contribution in [1.29, 1.82) is 0 Å². The zero-order valence-electron chi connectivity index (χ0n) is 7.43. The number of methoxy groups -OCH3 is 1. The van der Waals surface area contributed by atoms with Gasteiger partial charge in [-0.05, 0) is 17.7 Å². The Kier molecular flexibility index (Phi) is 3.82. The molecule has 15 heavy (non-hydrogen) atoms. The van der Waals surface area contributed by atoms with Crippen molar-refractivity contribution < 1.29 is 18.3 Å². The van der Waals surface area contributed by atoms with Gasteiger partial charge in [-0.1, -0.05) is 11.6 Å². The smallest absolute Gasteiger partial charge is 0.269 e. The maximum Gasteiger partial charge on any atom is 0.269 e. The van der Waals surface area contributed by atoms with Gasteiger partial charge in [0.1, 0.15) is 5.15 Å². The van der Waals surface area contributed by atoms with Crippen LogP contribution in [0, 0.1) is 0 Å². The van der Waals surface area contributed by atoms with Crippen molar-refractivity contribution in [3.8, 4) is 5.88 Å². The average molecular weight is 256 g/mol. The highest BCUT2D eigenvalue weighted by Crippen LogP contribution is 2.33. The van der Waals surface area contributed by atoms with E-state index in [0.717, 1.165) is 13.2 Å². The largest absolute Gasteiger partial charge is 0.481 e. The van der Waals surface area contributed by atoms with E-state index < -0.39 is 28.7 Å². The Labute approximate surface area is 94.0 Å². The molecule has 7 heteroatoms. The van der Waals surface area contributed by atoms with Crippen molar-refractivity contribution in [3.63, 3.8) is 0 Å². The van der Waals surface area contributed by atoms with E-state index in [9.17, 15) is 13.6 Å². The Balaban J connectivity index is 3.47. The fourth-order valence-electron chi connectivity index (χ4n) is 1.03. The number of carbonyl (C=O) groups excluding carboxylic acids is 1. The number of alkyl halides is 2. The summed E-state index contributed by atoms with van der Waals surface area (Å²) < 4.78 is 29.8. The van der Waals surface area contributed by atoms with Crippen molar-refractivity contribution in [2.24, 2.45) is 0 Å². The number of nitrogens with zero attached hydrogens (tertiary/aromatic N) is 1. The number of carbonyl (C=O) groups is 1. The molecule has 0 aliphatic rings. The zero-order valence-corrected chi connectivity index (χ0v) is 8.94. The first-order valence-corrected chi connectivity index (χ1v) is 4.45. The molecule has 1 aromatic heterocycles. The van der Waals surface area contributed by atoms with Crippen molar-refractivity contribution in [2.75, 3.05) is 7.11 Å². The predicted molar refractivity (Wildman–Crippen MR) is 50.9 cm³/mol. The number of hydrogen-bond donors (Lipinski definition) is 0. The van der Waals surface area contributed by atoms with Crippen LogP contribution in [0.15, 0.2) is 6.07 Å². The lowest BCUT2D eigenvalue weighted by atomic mass is 10.1. The van der Waals surface area contributed by atoms with Gasteiger partial charge in [0.25, 0.3) is 11.7 Å². The van der Waals surface area contributed by atoms with Crippen LogP contribution in [0.1, 0.15) is 22.3 Å². The highest BCUT2D eigenvalue weighted by molar-refractivity contribution is 6.68. The molecule has 0 N–H and O–H groups in total. The number of rotatable bonds is 3. The maximum atomic E-state index is 12.6. The average Bonchev–Trinajstić information content (AvgIpc) is 2.15. The standard InChI is InChI=1S/C8H5Cl2F2NO2/c1-15-8-5(7(11)12)3(6(10)14)2-4(9)13-8/h2,7H,1H3. The molecule has 0 radical (unpaired) electrons. The molecule has 0 atom stereocenters. The monoisotopic (exact) mass is 255 g/mol. The lowest BCUT2D eigenvalue weighted by Crippen LogP contribution is -2.04. The third kappa shape index (κ3) is 2.54. The van der Waals surface area contributed by atoms with Crippen LogP contribution in [-0.2, 0) is 0 Å². The van der Waals surface area contributed by atoms with Crippen LogP contribution in [0.25, 0.3) is 0 Å². The Morgan fingerprint density at radius 2 is 2.20 bits per heavy atom. The first-order valence-electron chi connectivity index (χ1n) is 3.69. The predicted octanol–water partition coefficient (Wildman–Crippen LogP) is 3.06. The molecule has 1 rings (SSSR count). The summed E-state index contributed by atoms with van der Waals surface area (Å²) in [7, 11) is 1.15. The van der Waals surface area contributed by atoms with E-state index in [2.05, 4.69) is 9.72 Å². The van der Waals surface area contributed by atoms with Crippen LogP contribution in [0.5, 0.6) is 5.88 Å². The quantitative estimate of drug-likeness (QED) is 0.616. The first kappa shape index (κ1) is 12.1. The molecule has 0 bridgehead atoms. The van der Waals surface area contributed by atoms with Gasteiger partial charge in [0.15, 0.2) is 0 Å². The third-order valence-corrected chi connectivity index (χ3v) is 2.01. The van der Waals surface area contributed by atoms with E-state index in [0.29, 0.717) is 0 Å². The van der Waals surface area contributed by atoms with Gasteiger partial charge in [0, 0.05) is 0 Å². The summed E-state index contributed by atoms with van der Waals surface area (Å²) in [5.74, 6) is -0.401. The highest BCUT2D eigenvalue weighted by Gasteiger charge is 2.24. The minimum absolute atomic E-state index is 0.139. The Bertz CT molecular complexity index is 398. The molecular weight excluding hydrogens is 251 g/mol. The van der Waals surface area contributed by atoms with Crippen molar-refractivity contribution in [2.45, 2.75) is 6.43 Å². The minimum atomic E-state index is -2.91. The van der Waals surface area contributed by atoms with Crippen molar-refractivity contribution >= 4 is 28.4 Å². The molecule has 0 unspecified atom stereocenters. The summed E-state index contributed by atoms with van der Waals surface area (Å²) in [6, 6.07) is 0.973. The van der Waals surface area contributed by atoms with Crippen LogP contribution >= 0.6 is 23.2 Å². The van der Waals surface area contributed by atoms with Gasteiger partial charge in [-0.2, -0.15) is 0 Å². The summed E-state index contributed by atoms with van der Waals surface area (Å²) in [4.78, 5) is 14.4. The van der Waals surface area contributed by atoms with E-state index in [1.165, 1.54) is 0 Å². The van der Waals surface area contributed by atoms with Crippen molar-refractivity contribution in [1.82, 2.24) is 4.98 Å². The molecule has 0 spiro atoms. The zero-order chi connectivity index (χ0) is 11.6. The van der Waals surface area contributed by atoms with Gasteiger partial charge in [0.05, 0.1) is 18.2 Å². The molecule has 0 aromatic carbocycles. The molecule has 0 saturated heterocycles. The van der Waals surface area contributed by atoms with Gasteiger partial charge in [-0.3, -0.25) is 4.79 Å². The fraction of sp³-hybridized carbons (Fsp3) is 0.250. The molecular formula is C8H5Cl2F2NO2. The molecule has 82 valence electrons. The van der Waals surface area contributed by atoms with E-state index in [1.807, 2.05) is 0 Å². The summed E-state index contributed by atoms with van der Waals surface area (Å²) in [6.07, 6.45) is -2.91. The van der Waals surface area contributed by atoms with Crippen molar-refractivity contribution in [3.05, 3.63) is 22.3 Å². The molecule has 1 heterocycles. The second-order valence-electron chi connectivity index (χ2n) is 2.49. The number of pyridine rings is 1. The molecule has 0 amide bonds. The number of ether oxygens (including phenoxy) is 1. The lowest BCUT2D eigenvalue weighted by molar-refractivity contribution is 0.106. The van der Waals surface area contributed by atoms with Gasteiger partial charge >= 0.3 is 0 Å². The number of hydrogen-bond acceptors (Lipinski definition) is 3. The fourth-order valence-corrected chi connectivity index (χ4v) is 1.37. The lowest BCUT2D eigenvalue weighted by Gasteiger charge is -2.09. The Hall–Kier alpha value is -0.940. The summed E-state index contributed by atoms with van der Waals surface area (Å²) in [6.45, 7) is 0. The van der Waals surface area contributed by atoms with Crippen LogP contribution in [0.2, 0.25) is 5.15 Å². The van der Waals surface area contributed by atoms with Crippen LogP contribution in [-0.4, -0.2) is 17.3 Å². The SMILES string of the molecule is COc1nc(Cl)cc(C(=O)Cl)c1C(F)F. The summed E-state index contributed by atoms with van der Waals surface area (Å²) in [5.41, 5.74) is -1.05. The molecule has 0 fully saturated rings. The van der Waals surface area contributed by atoms with Gasteiger partial charge in [0.2, 0.25) is 5.88 Å². The Morgan fingerprint density at radius 3 is 2.60 bits per heavy atom. The molecule has 0 aliphatic carbocycles. The highest BCUT2D eigenvalue weighted by atomic mass is 35.5. The Morgan fingerprint density at radius 1 is 1.60 bits per heavy atom. The van der Waals surface area contributed by atoms with E-state index in [4.69, 9.17) is 23.2 Å². The maximum absolute atomic E-state index is 12.6. The van der Waals surface area contributed by atoms with E-state index >= 15 is 0 Å². The van der Waals surface area contributed by atoms with Gasteiger partial charge in [-0.25, -0.2) is 13.8 Å². The van der Waals surface area contributed by atoms with E-state index in [1.54, 1.807) is 0 Å². The third-order valence-electron chi connectivity index (χ3n) is 1.62. The molecule has 3 nitrogen and oxygen atoms in total. The van der Waals surface area contributed by atoms with Crippen LogP contribution in [0.4, 0.5) is 8.78 Å². The van der Waals surface area contributed by atoms with Gasteiger partial charge < -0.3 is 4.74 Å². The van der Waals surface area contributed by atoms with E-state index in [-0.39, 0.29) is 5.15 Å². The van der Waals surface area contributed by atoms with Gasteiger partial charge in [-0.15, -0.1) is 0 Å². The molecule has 0 aliphatic heterocycles. The molecule has 1 aromatic rings. The first-order chi connectivity index (χ1) is 6.97. The topological polar surface area (TPSA) is 39.2 Å². The van der Waals surface area contributed by atoms with Crippen LogP contribution < -0.4 is 4.74 Å². The van der Waals surface area contributed by atoms with Crippen LogP contribution in [0.3, 0.4) is 0 Å². The second-order valence-corrected chi connectivity index (χ2v) is 3.22.